The number of amides is 2. The molecule has 14 N–H and O–H groups in total. The zero-order valence-electron chi connectivity index (χ0n) is 27.4. The molecule has 4 aliphatic heterocycles. The van der Waals surface area contributed by atoms with Crippen molar-refractivity contribution < 1.29 is 104 Å². The van der Waals surface area contributed by atoms with Crippen LogP contribution in [0.25, 0.3) is 0 Å². The maximum atomic E-state index is 12.2. The van der Waals surface area contributed by atoms with Crippen LogP contribution < -0.4 is 10.6 Å². The summed E-state index contributed by atoms with van der Waals surface area (Å²) >= 11 is 0. The molecule has 23 nitrogen and oxygen atoms in total. The van der Waals surface area contributed by atoms with Crippen molar-refractivity contribution in [1.29, 1.82) is 0 Å². The van der Waals surface area contributed by atoms with Crippen molar-refractivity contribution in [2.75, 3.05) is 26.4 Å². The fourth-order valence-corrected chi connectivity index (χ4v) is 6.25. The lowest BCUT2D eigenvalue weighted by Crippen LogP contribution is -2.70. The zero-order chi connectivity index (χ0) is 37.9. The van der Waals surface area contributed by atoms with E-state index in [0.29, 0.717) is 0 Å². The summed E-state index contributed by atoms with van der Waals surface area (Å²) < 4.78 is 38.9. The molecule has 0 aromatic heterocycles. The molecule has 20 atom stereocenters. The first kappa shape index (κ1) is 41.9. The average molecular weight is 749 g/mol. The summed E-state index contributed by atoms with van der Waals surface area (Å²) in [4.78, 5) is 23.9. The number of rotatable bonds is 12. The highest BCUT2D eigenvalue weighted by Gasteiger charge is 2.54. The lowest BCUT2D eigenvalue weighted by molar-refractivity contribution is -0.365. The first-order valence-electron chi connectivity index (χ1n) is 16.1. The van der Waals surface area contributed by atoms with Crippen LogP contribution in [0.5, 0.6) is 0 Å². The lowest BCUT2D eigenvalue weighted by Gasteiger charge is -2.49. The Kier molecular flexibility index (Phi) is 14.8. The molecule has 4 fully saturated rings. The Morgan fingerprint density at radius 2 is 0.941 bits per heavy atom. The van der Waals surface area contributed by atoms with Crippen LogP contribution in [-0.2, 0) is 42.7 Å². The molecular weight excluding hydrogens is 700 g/mol. The Balaban J connectivity index is 1.50. The molecule has 0 aliphatic carbocycles. The molecular formula is C28H48N2O21. The first-order chi connectivity index (χ1) is 24.0. The Morgan fingerprint density at radius 1 is 0.510 bits per heavy atom. The summed E-state index contributed by atoms with van der Waals surface area (Å²) in [5.41, 5.74) is 0. The SMILES string of the molecule is CC(=O)N[C@H]1[C@H](O[C@H]2[C@H](O)[C@@H](NC(C)=O)C(O)O[C@@H]2CO)O[C@H](CO)[C@@H](O[C@H]2O[C@H](CO[C@H]3O[C@H](CO)[C@@H](O)[C@H](O)[C@@H]3O)[C@@H](O)[C@H](O)[C@@H]2O)[C@@H]1O. The Morgan fingerprint density at radius 3 is 1.49 bits per heavy atom. The second kappa shape index (κ2) is 18.0. The quantitative estimate of drug-likeness (QED) is 0.0881. The Bertz CT molecular complexity index is 1140. The van der Waals surface area contributed by atoms with Gasteiger partial charge in [0.05, 0.1) is 26.4 Å². The van der Waals surface area contributed by atoms with E-state index in [-0.39, 0.29) is 0 Å². The monoisotopic (exact) mass is 748 g/mol. The van der Waals surface area contributed by atoms with E-state index < -0.39 is 161 Å². The van der Waals surface area contributed by atoms with Crippen molar-refractivity contribution in [1.82, 2.24) is 10.6 Å². The van der Waals surface area contributed by atoms with E-state index in [2.05, 4.69) is 10.6 Å². The van der Waals surface area contributed by atoms with E-state index in [9.17, 15) is 70.9 Å². The largest absolute Gasteiger partial charge is 0.394 e. The molecule has 0 bridgehead atoms. The van der Waals surface area contributed by atoms with Gasteiger partial charge in [-0.2, -0.15) is 0 Å². The van der Waals surface area contributed by atoms with Crippen molar-refractivity contribution in [2.24, 2.45) is 0 Å². The maximum absolute atomic E-state index is 12.2. The highest BCUT2D eigenvalue weighted by molar-refractivity contribution is 5.73. The summed E-state index contributed by atoms with van der Waals surface area (Å²) in [6, 6.07) is -3.02. The minimum Gasteiger partial charge on any atom is -0.394 e. The van der Waals surface area contributed by atoms with Gasteiger partial charge >= 0.3 is 0 Å². The van der Waals surface area contributed by atoms with Gasteiger partial charge in [-0.05, 0) is 0 Å². The van der Waals surface area contributed by atoms with Gasteiger partial charge in [-0.15, -0.1) is 0 Å². The van der Waals surface area contributed by atoms with E-state index in [0.717, 1.165) is 13.8 Å². The van der Waals surface area contributed by atoms with E-state index >= 15 is 0 Å². The highest BCUT2D eigenvalue weighted by atomic mass is 16.8. The normalized spacial score (nSPS) is 47.8. The van der Waals surface area contributed by atoms with Gasteiger partial charge in [-0.3, -0.25) is 9.59 Å². The van der Waals surface area contributed by atoms with Gasteiger partial charge in [0.25, 0.3) is 0 Å². The minimum atomic E-state index is -2.00. The van der Waals surface area contributed by atoms with E-state index in [1.165, 1.54) is 0 Å². The van der Waals surface area contributed by atoms with Crippen LogP contribution in [0.1, 0.15) is 13.8 Å². The van der Waals surface area contributed by atoms with Crippen LogP contribution in [0.3, 0.4) is 0 Å². The third kappa shape index (κ3) is 9.29. The predicted molar refractivity (Wildman–Crippen MR) is 157 cm³/mol. The zero-order valence-corrected chi connectivity index (χ0v) is 27.4. The van der Waals surface area contributed by atoms with Crippen LogP contribution >= 0.6 is 0 Å². The van der Waals surface area contributed by atoms with Gasteiger partial charge in [-0.1, -0.05) is 0 Å². The Hall–Kier alpha value is -1.82. The summed E-state index contributed by atoms with van der Waals surface area (Å²) in [6.07, 6.45) is -30.9. The number of carbonyl (C=O) groups is 2. The van der Waals surface area contributed by atoms with Gasteiger partial charge in [0.2, 0.25) is 11.8 Å². The molecule has 4 aliphatic rings. The highest BCUT2D eigenvalue weighted by Crippen LogP contribution is 2.33. The average Bonchev–Trinajstić information content (AvgIpc) is 3.09. The molecule has 0 radical (unpaired) electrons. The first-order valence-corrected chi connectivity index (χ1v) is 16.1. The van der Waals surface area contributed by atoms with Crippen molar-refractivity contribution >= 4 is 11.8 Å². The number of carbonyl (C=O) groups excluding carboxylic acids is 2. The van der Waals surface area contributed by atoms with Gasteiger partial charge in [0.15, 0.2) is 25.2 Å². The second-order valence-electron chi connectivity index (χ2n) is 12.7. The smallest absolute Gasteiger partial charge is 0.217 e. The molecule has 0 spiro atoms. The van der Waals surface area contributed by atoms with Crippen molar-refractivity contribution in [2.45, 2.75) is 137 Å². The molecule has 23 heteroatoms. The molecule has 0 aromatic carbocycles. The second-order valence-corrected chi connectivity index (χ2v) is 12.7. The van der Waals surface area contributed by atoms with E-state index in [1.54, 1.807) is 0 Å². The van der Waals surface area contributed by atoms with Crippen LogP contribution in [0.4, 0.5) is 0 Å². The van der Waals surface area contributed by atoms with Gasteiger partial charge in [0, 0.05) is 13.8 Å². The summed E-state index contributed by atoms with van der Waals surface area (Å²) in [5, 5.41) is 129. The number of hydrogen-bond donors (Lipinski definition) is 14. The number of aliphatic hydroxyl groups is 12. The topological polar surface area (TPSA) is 366 Å². The van der Waals surface area contributed by atoms with Crippen LogP contribution in [0.2, 0.25) is 0 Å². The fraction of sp³-hybridized carbons (Fsp3) is 0.929. The Labute approximate surface area is 289 Å². The molecule has 4 heterocycles. The third-order valence-corrected chi connectivity index (χ3v) is 8.99. The molecule has 2 amide bonds. The molecule has 0 aromatic rings. The van der Waals surface area contributed by atoms with E-state index in [4.69, 9.17) is 33.2 Å². The summed E-state index contributed by atoms with van der Waals surface area (Å²) in [6.45, 7) is -0.998. The van der Waals surface area contributed by atoms with Crippen LogP contribution in [0.15, 0.2) is 0 Å². The minimum absolute atomic E-state index is 0.656. The predicted octanol–water partition coefficient (Wildman–Crippen LogP) is -9.46. The third-order valence-electron chi connectivity index (χ3n) is 8.99. The van der Waals surface area contributed by atoms with Crippen molar-refractivity contribution in [3.05, 3.63) is 0 Å². The van der Waals surface area contributed by atoms with Gasteiger partial charge in [0.1, 0.15) is 97.5 Å². The number of nitrogens with one attached hydrogen (secondary N) is 2. The molecule has 296 valence electrons. The fourth-order valence-electron chi connectivity index (χ4n) is 6.25. The van der Waals surface area contributed by atoms with Crippen molar-refractivity contribution in [3.8, 4) is 0 Å². The molecule has 0 saturated carbocycles. The summed E-state index contributed by atoms with van der Waals surface area (Å²) in [5.74, 6) is -1.39. The molecule has 1 unspecified atom stereocenters. The standard InChI is InChI=1S/C28H48N2O21/c1-7(34)29-13-17(38)23(10(4-32)46-25(13)44)50-26-14(30-8(2)35)18(39)24(11(5-33)48-26)51-28-22(43)20(41)16(37)12(49-28)6-45-27-21(42)19(40)15(36)9(3-31)47-27/h9-28,31-33,36-44H,3-6H2,1-2H3,(H,29,34)(H,30,35)/t9-,10-,11-,12-,13-,14-,15-,16-,17-,18-,19+,20+,21+,22+,23-,24-,25?,26+,27+,28-/m1/s1. The van der Waals surface area contributed by atoms with Crippen LogP contribution in [-0.4, -0.2) is 222 Å². The molecule has 51 heavy (non-hydrogen) atoms. The number of hydrogen-bond acceptors (Lipinski definition) is 21. The maximum Gasteiger partial charge on any atom is 0.217 e. The summed E-state index contributed by atoms with van der Waals surface area (Å²) in [7, 11) is 0. The van der Waals surface area contributed by atoms with Crippen molar-refractivity contribution in [3.63, 3.8) is 0 Å². The number of aliphatic hydroxyl groups excluding tert-OH is 12. The van der Waals surface area contributed by atoms with Gasteiger partial charge in [-0.25, -0.2) is 0 Å². The lowest BCUT2D eigenvalue weighted by atomic mass is 9.94. The van der Waals surface area contributed by atoms with Gasteiger partial charge < -0.3 is 105 Å². The molecule has 4 rings (SSSR count). The van der Waals surface area contributed by atoms with E-state index in [1.807, 2.05) is 0 Å². The van der Waals surface area contributed by atoms with Crippen LogP contribution in [0, 0.1) is 0 Å². The number of ether oxygens (including phenoxy) is 7. The molecule has 4 saturated heterocycles.